The van der Waals surface area contributed by atoms with Gasteiger partial charge in [-0.25, -0.2) is 13.2 Å². The maximum absolute atomic E-state index is 13.9. The van der Waals surface area contributed by atoms with Gasteiger partial charge in [0.1, 0.15) is 11.5 Å². The predicted molar refractivity (Wildman–Crippen MR) is 77.7 cm³/mol. The molecule has 0 bridgehead atoms. The lowest BCUT2D eigenvalue weighted by atomic mass is 9.87. The van der Waals surface area contributed by atoms with E-state index in [0.29, 0.717) is 24.0 Å². The summed E-state index contributed by atoms with van der Waals surface area (Å²) in [6, 6.07) is 4.36. The lowest BCUT2D eigenvalue weighted by Crippen LogP contribution is -2.31. The molecule has 1 aromatic heterocycles. The number of fused-ring (bicyclic) bond motifs is 1. The number of alkyl halides is 2. The first-order chi connectivity index (χ1) is 11.0. The molecule has 23 heavy (non-hydrogen) atoms. The number of rotatable bonds is 3. The summed E-state index contributed by atoms with van der Waals surface area (Å²) in [6.45, 7) is 0. The van der Waals surface area contributed by atoms with E-state index in [0.717, 1.165) is 17.3 Å². The summed E-state index contributed by atoms with van der Waals surface area (Å²) in [6.07, 6.45) is 0.329. The quantitative estimate of drug-likeness (QED) is 0.942. The SMILES string of the molecule is Cn1ncc(C(=O)NC2CCCc3c(F)cccc32)c1C(F)F. The highest BCUT2D eigenvalue weighted by atomic mass is 19.3. The molecule has 0 saturated heterocycles. The van der Waals surface area contributed by atoms with Crippen molar-refractivity contribution in [2.45, 2.75) is 31.7 Å². The van der Waals surface area contributed by atoms with Crippen molar-refractivity contribution in [2.24, 2.45) is 7.05 Å². The molecule has 3 rings (SSSR count). The van der Waals surface area contributed by atoms with Gasteiger partial charge >= 0.3 is 0 Å². The summed E-state index contributed by atoms with van der Waals surface area (Å²) in [5.41, 5.74) is 0.736. The van der Waals surface area contributed by atoms with Crippen LogP contribution < -0.4 is 5.32 Å². The van der Waals surface area contributed by atoms with Gasteiger partial charge in [-0.2, -0.15) is 5.10 Å². The molecular weight excluding hydrogens is 307 g/mol. The maximum Gasteiger partial charge on any atom is 0.280 e. The van der Waals surface area contributed by atoms with E-state index < -0.39 is 18.0 Å². The van der Waals surface area contributed by atoms with E-state index in [4.69, 9.17) is 0 Å². The first-order valence-corrected chi connectivity index (χ1v) is 7.37. The Balaban J connectivity index is 1.87. The van der Waals surface area contributed by atoms with Crippen LogP contribution >= 0.6 is 0 Å². The Labute approximate surface area is 131 Å². The van der Waals surface area contributed by atoms with Gasteiger partial charge in [-0.3, -0.25) is 9.48 Å². The molecular formula is C16H16F3N3O. The first kappa shape index (κ1) is 15.6. The number of carbonyl (C=O) groups excluding carboxylic acids is 1. The molecule has 122 valence electrons. The number of aryl methyl sites for hydroxylation is 1. The van der Waals surface area contributed by atoms with Gasteiger partial charge in [0, 0.05) is 7.05 Å². The Hall–Kier alpha value is -2.31. The Morgan fingerprint density at radius 2 is 2.22 bits per heavy atom. The molecule has 4 nitrogen and oxygen atoms in total. The monoisotopic (exact) mass is 323 g/mol. The normalized spacial score (nSPS) is 17.2. The maximum atomic E-state index is 13.9. The topological polar surface area (TPSA) is 46.9 Å². The smallest absolute Gasteiger partial charge is 0.280 e. The summed E-state index contributed by atoms with van der Waals surface area (Å²) in [4.78, 5) is 12.4. The van der Waals surface area contributed by atoms with Crippen LogP contribution in [0.1, 0.15) is 52.5 Å². The standard InChI is InChI=1S/C16H16F3N3O/c1-22-14(15(18)19)11(8-20-22)16(23)21-13-7-3-4-9-10(13)5-2-6-12(9)17/h2,5-6,8,13,15H,3-4,7H2,1H3,(H,21,23). The van der Waals surface area contributed by atoms with Crippen LogP contribution in [0.25, 0.3) is 0 Å². The number of benzene rings is 1. The van der Waals surface area contributed by atoms with E-state index in [-0.39, 0.29) is 17.4 Å². The van der Waals surface area contributed by atoms with E-state index in [1.54, 1.807) is 12.1 Å². The summed E-state index contributed by atoms with van der Waals surface area (Å²) in [5.74, 6) is -0.911. The lowest BCUT2D eigenvalue weighted by molar-refractivity contribution is 0.0915. The lowest BCUT2D eigenvalue weighted by Gasteiger charge is -2.26. The summed E-state index contributed by atoms with van der Waals surface area (Å²) in [5, 5.41) is 6.46. The first-order valence-electron chi connectivity index (χ1n) is 7.37. The molecule has 1 heterocycles. The minimum Gasteiger partial charge on any atom is -0.345 e. The molecule has 2 aromatic rings. The van der Waals surface area contributed by atoms with Crippen molar-refractivity contribution < 1.29 is 18.0 Å². The molecule has 0 fully saturated rings. The highest BCUT2D eigenvalue weighted by molar-refractivity contribution is 5.95. The number of aromatic nitrogens is 2. The molecule has 0 aliphatic heterocycles. The Kier molecular flexibility index (Phi) is 4.11. The van der Waals surface area contributed by atoms with Crippen molar-refractivity contribution in [3.8, 4) is 0 Å². The van der Waals surface area contributed by atoms with Crippen LogP contribution in [0.3, 0.4) is 0 Å². The predicted octanol–water partition coefficient (Wildman–Crippen LogP) is 3.30. The van der Waals surface area contributed by atoms with Gasteiger partial charge in [0.05, 0.1) is 17.8 Å². The van der Waals surface area contributed by atoms with Crippen molar-refractivity contribution in [1.29, 1.82) is 0 Å². The van der Waals surface area contributed by atoms with E-state index in [9.17, 15) is 18.0 Å². The minimum atomic E-state index is -2.79. The third-order valence-corrected chi connectivity index (χ3v) is 4.19. The third kappa shape index (κ3) is 2.83. The van der Waals surface area contributed by atoms with Crippen molar-refractivity contribution in [3.63, 3.8) is 0 Å². The van der Waals surface area contributed by atoms with E-state index in [2.05, 4.69) is 10.4 Å². The zero-order valence-electron chi connectivity index (χ0n) is 12.5. The number of nitrogens with zero attached hydrogens (tertiary/aromatic N) is 2. The number of carbonyl (C=O) groups is 1. The zero-order chi connectivity index (χ0) is 16.6. The average Bonchev–Trinajstić information content (AvgIpc) is 2.90. The second-order valence-corrected chi connectivity index (χ2v) is 5.59. The second-order valence-electron chi connectivity index (χ2n) is 5.59. The Bertz CT molecular complexity index is 742. The van der Waals surface area contributed by atoms with Gasteiger partial charge in [-0.15, -0.1) is 0 Å². The second kappa shape index (κ2) is 6.06. The molecule has 7 heteroatoms. The molecule has 1 aromatic carbocycles. The molecule has 1 unspecified atom stereocenters. The molecule has 0 spiro atoms. The molecule has 1 atom stereocenters. The fraction of sp³-hybridized carbons (Fsp3) is 0.375. The molecule has 0 radical (unpaired) electrons. The highest BCUT2D eigenvalue weighted by Gasteiger charge is 2.28. The van der Waals surface area contributed by atoms with Gasteiger partial charge in [-0.1, -0.05) is 12.1 Å². The van der Waals surface area contributed by atoms with Crippen LogP contribution in [0.15, 0.2) is 24.4 Å². The number of amides is 1. The highest BCUT2D eigenvalue weighted by Crippen LogP contribution is 2.32. The van der Waals surface area contributed by atoms with Crippen LogP contribution in [0, 0.1) is 5.82 Å². The zero-order valence-corrected chi connectivity index (χ0v) is 12.5. The van der Waals surface area contributed by atoms with Crippen molar-refractivity contribution >= 4 is 5.91 Å². The molecule has 1 amide bonds. The number of hydrogen-bond acceptors (Lipinski definition) is 2. The largest absolute Gasteiger partial charge is 0.345 e. The Morgan fingerprint density at radius 3 is 2.96 bits per heavy atom. The minimum absolute atomic E-state index is 0.147. The van der Waals surface area contributed by atoms with Crippen LogP contribution in [-0.4, -0.2) is 15.7 Å². The third-order valence-electron chi connectivity index (χ3n) is 4.19. The number of nitrogens with one attached hydrogen (secondary N) is 1. The van der Waals surface area contributed by atoms with Crippen molar-refractivity contribution in [1.82, 2.24) is 15.1 Å². The van der Waals surface area contributed by atoms with E-state index in [1.807, 2.05) is 0 Å². The van der Waals surface area contributed by atoms with Crippen molar-refractivity contribution in [2.75, 3.05) is 0 Å². The summed E-state index contributed by atoms with van der Waals surface area (Å²) >= 11 is 0. The van der Waals surface area contributed by atoms with Gasteiger partial charge < -0.3 is 5.32 Å². The molecule has 1 aliphatic carbocycles. The molecule has 1 N–H and O–H groups in total. The van der Waals surface area contributed by atoms with Gasteiger partial charge in [0.15, 0.2) is 0 Å². The van der Waals surface area contributed by atoms with E-state index >= 15 is 0 Å². The van der Waals surface area contributed by atoms with Gasteiger partial charge in [0.25, 0.3) is 12.3 Å². The van der Waals surface area contributed by atoms with Crippen LogP contribution in [0.4, 0.5) is 13.2 Å². The van der Waals surface area contributed by atoms with Crippen LogP contribution in [-0.2, 0) is 13.5 Å². The average molecular weight is 323 g/mol. The molecule has 0 saturated carbocycles. The number of hydrogen-bond donors (Lipinski definition) is 1. The summed E-state index contributed by atoms with van der Waals surface area (Å²) in [7, 11) is 1.36. The Morgan fingerprint density at radius 1 is 1.43 bits per heavy atom. The number of halogens is 3. The van der Waals surface area contributed by atoms with Crippen molar-refractivity contribution in [3.05, 3.63) is 52.6 Å². The van der Waals surface area contributed by atoms with Gasteiger partial charge in [0.2, 0.25) is 0 Å². The van der Waals surface area contributed by atoms with E-state index in [1.165, 1.54) is 13.1 Å². The summed E-state index contributed by atoms with van der Waals surface area (Å²) < 4.78 is 41.0. The van der Waals surface area contributed by atoms with Crippen LogP contribution in [0.5, 0.6) is 0 Å². The molecule has 1 aliphatic rings. The fourth-order valence-electron chi connectivity index (χ4n) is 3.07. The fourth-order valence-corrected chi connectivity index (χ4v) is 3.07. The van der Waals surface area contributed by atoms with Crippen LogP contribution in [0.2, 0.25) is 0 Å². The van der Waals surface area contributed by atoms with Gasteiger partial charge in [-0.05, 0) is 36.5 Å².